The number of fused-ring (bicyclic) bond motifs is 3. The van der Waals surface area contributed by atoms with Gasteiger partial charge < -0.3 is 28.1 Å². The molecule has 0 radical (unpaired) electrons. The summed E-state index contributed by atoms with van der Waals surface area (Å²) in [5.74, 6) is 0. The van der Waals surface area contributed by atoms with E-state index in [4.69, 9.17) is 28.1 Å². The van der Waals surface area contributed by atoms with Gasteiger partial charge in [0.25, 0.3) is 0 Å². The van der Waals surface area contributed by atoms with Crippen molar-refractivity contribution in [2.45, 2.75) is 57.2 Å². The number of ether oxygens (including phenoxy) is 2. The highest BCUT2D eigenvalue weighted by Gasteiger charge is 2.56. The van der Waals surface area contributed by atoms with Gasteiger partial charge in [-0.1, -0.05) is 13.8 Å². The molecule has 3 heterocycles. The van der Waals surface area contributed by atoms with Crippen molar-refractivity contribution in [1.29, 1.82) is 0 Å². The minimum Gasteiger partial charge on any atom is -0.408 e. The lowest BCUT2D eigenvalue weighted by atomic mass is 9.82. The molecule has 6 nitrogen and oxygen atoms in total. The van der Waals surface area contributed by atoms with E-state index in [1.165, 1.54) is 0 Å². The summed E-state index contributed by atoms with van der Waals surface area (Å²) < 4.78 is 34.5. The number of rotatable bonds is 3. The van der Waals surface area contributed by atoms with Crippen LogP contribution in [0.2, 0.25) is 12.6 Å². The fourth-order valence-corrected chi connectivity index (χ4v) is 2.87. The van der Waals surface area contributed by atoms with Gasteiger partial charge in [-0.3, -0.25) is 0 Å². The summed E-state index contributed by atoms with van der Waals surface area (Å²) in [5.41, 5.74) is 0. The van der Waals surface area contributed by atoms with Gasteiger partial charge in [-0.15, -0.1) is 0 Å². The Morgan fingerprint density at radius 1 is 1.00 bits per heavy atom. The van der Waals surface area contributed by atoms with Gasteiger partial charge in [-0.25, -0.2) is 0 Å². The Hall–Kier alpha value is -0.110. The Morgan fingerprint density at radius 3 is 2.37 bits per heavy atom. The van der Waals surface area contributed by atoms with E-state index >= 15 is 0 Å². The average molecular weight is 270 g/mol. The van der Waals surface area contributed by atoms with Gasteiger partial charge in [0, 0.05) is 7.11 Å². The normalized spacial score (nSPS) is 42.2. The molecule has 1 unspecified atom stereocenters. The zero-order chi connectivity index (χ0) is 13.4. The lowest BCUT2D eigenvalue weighted by molar-refractivity contribution is -0.276. The first-order valence-electron chi connectivity index (χ1n) is 7.03. The quantitative estimate of drug-likeness (QED) is 0.699. The largest absolute Gasteiger partial charge is 0.457 e. The summed E-state index contributed by atoms with van der Waals surface area (Å²) in [7, 11) is 1.22. The summed E-state index contributed by atoms with van der Waals surface area (Å²) >= 11 is 0. The van der Waals surface area contributed by atoms with Gasteiger partial charge in [-0.05, 0) is 12.6 Å². The molecule has 0 amide bonds. The molecular formula is C11H20B2O6. The molecule has 0 aromatic rings. The first-order chi connectivity index (χ1) is 9.26. The average Bonchev–Trinajstić information content (AvgIpc) is 2.90. The third-order valence-electron chi connectivity index (χ3n) is 3.86. The molecule has 0 aromatic carbocycles. The van der Waals surface area contributed by atoms with Crippen LogP contribution >= 0.6 is 0 Å². The van der Waals surface area contributed by atoms with Gasteiger partial charge in [0.2, 0.25) is 0 Å². The molecule has 3 aliphatic rings. The monoisotopic (exact) mass is 270 g/mol. The molecule has 5 atom stereocenters. The van der Waals surface area contributed by atoms with Crippen molar-refractivity contribution in [2.24, 2.45) is 0 Å². The standard InChI is InChI=1S/C11H20B2O6/c1-4-12-15-6-7-8(17-12)9-10(11(14-3)16-7)19-13(5-2)18-9/h7-11H,4-6H2,1-3H3/t7-,8+,9-,10-,11?/m1/s1. The second-order valence-electron chi connectivity index (χ2n) is 5.09. The van der Waals surface area contributed by atoms with E-state index in [1.807, 2.05) is 13.8 Å². The molecule has 3 rings (SSSR count). The van der Waals surface area contributed by atoms with Crippen molar-refractivity contribution in [3.8, 4) is 0 Å². The molecule has 3 fully saturated rings. The van der Waals surface area contributed by atoms with E-state index in [0.717, 1.165) is 12.6 Å². The third kappa shape index (κ3) is 2.46. The van der Waals surface area contributed by atoms with Crippen LogP contribution in [0.3, 0.4) is 0 Å². The highest BCUT2D eigenvalue weighted by atomic mass is 16.8. The lowest BCUT2D eigenvalue weighted by Crippen LogP contribution is -2.62. The third-order valence-corrected chi connectivity index (χ3v) is 3.86. The fraction of sp³-hybridized carbons (Fsp3) is 1.00. The second-order valence-corrected chi connectivity index (χ2v) is 5.09. The van der Waals surface area contributed by atoms with Gasteiger partial charge in [0.1, 0.15) is 12.2 Å². The highest BCUT2D eigenvalue weighted by molar-refractivity contribution is 6.45. The maximum atomic E-state index is 5.95. The summed E-state index contributed by atoms with van der Waals surface area (Å²) in [6.07, 6.45) is 0.507. The number of methoxy groups -OCH3 is 1. The van der Waals surface area contributed by atoms with Crippen molar-refractivity contribution in [3.63, 3.8) is 0 Å². The minimum atomic E-state index is -0.423. The smallest absolute Gasteiger partial charge is 0.408 e. The van der Waals surface area contributed by atoms with Crippen LogP contribution in [-0.2, 0) is 28.1 Å². The molecule has 0 spiro atoms. The van der Waals surface area contributed by atoms with Gasteiger partial charge >= 0.3 is 14.2 Å². The molecule has 3 aliphatic heterocycles. The summed E-state index contributed by atoms with van der Waals surface area (Å²) in [6.45, 7) is 4.57. The van der Waals surface area contributed by atoms with Crippen molar-refractivity contribution < 1.29 is 28.1 Å². The molecule has 0 N–H and O–H groups in total. The topological polar surface area (TPSA) is 55.4 Å². The maximum absolute atomic E-state index is 5.95. The minimum absolute atomic E-state index is 0.147. The Kier molecular flexibility index (Phi) is 4.17. The zero-order valence-electron chi connectivity index (χ0n) is 11.6. The van der Waals surface area contributed by atoms with Crippen molar-refractivity contribution in [1.82, 2.24) is 0 Å². The molecule has 19 heavy (non-hydrogen) atoms. The van der Waals surface area contributed by atoms with Crippen molar-refractivity contribution >= 4 is 14.2 Å². The van der Waals surface area contributed by atoms with E-state index in [1.54, 1.807) is 7.11 Å². The van der Waals surface area contributed by atoms with E-state index in [9.17, 15) is 0 Å². The van der Waals surface area contributed by atoms with Crippen LogP contribution in [0.25, 0.3) is 0 Å². The highest BCUT2D eigenvalue weighted by Crippen LogP contribution is 2.36. The first-order valence-corrected chi connectivity index (χ1v) is 7.03. The zero-order valence-corrected chi connectivity index (χ0v) is 11.6. The number of hydrogen-bond donors (Lipinski definition) is 0. The molecule has 0 saturated carbocycles. The maximum Gasteiger partial charge on any atom is 0.457 e. The van der Waals surface area contributed by atoms with E-state index in [2.05, 4.69) is 0 Å². The van der Waals surface area contributed by atoms with Crippen LogP contribution < -0.4 is 0 Å². The molecule has 3 saturated heterocycles. The van der Waals surface area contributed by atoms with E-state index in [0.29, 0.717) is 6.61 Å². The lowest BCUT2D eigenvalue weighted by Gasteiger charge is -2.45. The molecular weight excluding hydrogens is 250 g/mol. The van der Waals surface area contributed by atoms with Crippen LogP contribution in [0.4, 0.5) is 0 Å². The van der Waals surface area contributed by atoms with Crippen LogP contribution in [0.5, 0.6) is 0 Å². The summed E-state index contributed by atoms with van der Waals surface area (Å²) in [4.78, 5) is 0. The van der Waals surface area contributed by atoms with Crippen LogP contribution in [0.15, 0.2) is 0 Å². The fourth-order valence-electron chi connectivity index (χ4n) is 2.87. The SMILES string of the molecule is CCB1OC[C@H]2OC(OC)[C@@H]3OB(CC)O[C@@H]3[C@H]2O1. The van der Waals surface area contributed by atoms with Crippen LogP contribution in [0.1, 0.15) is 13.8 Å². The predicted octanol–water partition coefficient (Wildman–Crippen LogP) is 0.573. The molecule has 8 heteroatoms. The molecule has 0 aromatic heterocycles. The molecule has 0 bridgehead atoms. The van der Waals surface area contributed by atoms with Gasteiger partial charge in [0.15, 0.2) is 6.29 Å². The van der Waals surface area contributed by atoms with Gasteiger partial charge in [-0.2, -0.15) is 0 Å². The Bertz CT molecular complexity index is 320. The van der Waals surface area contributed by atoms with Crippen LogP contribution in [0, 0.1) is 0 Å². The Balaban J connectivity index is 1.77. The van der Waals surface area contributed by atoms with E-state index < -0.39 is 6.29 Å². The molecule has 106 valence electrons. The second kappa shape index (κ2) is 5.71. The number of hydrogen-bond acceptors (Lipinski definition) is 6. The first kappa shape index (κ1) is 13.9. The molecule has 0 aliphatic carbocycles. The van der Waals surface area contributed by atoms with Gasteiger partial charge in [0.05, 0.1) is 18.8 Å². The Morgan fingerprint density at radius 2 is 1.68 bits per heavy atom. The van der Waals surface area contributed by atoms with Crippen LogP contribution in [-0.4, -0.2) is 58.7 Å². The van der Waals surface area contributed by atoms with Crippen molar-refractivity contribution in [2.75, 3.05) is 13.7 Å². The summed E-state index contributed by atoms with van der Waals surface area (Å²) in [6, 6.07) is 0. The predicted molar refractivity (Wildman–Crippen MR) is 68.7 cm³/mol. The Labute approximate surface area is 114 Å². The van der Waals surface area contributed by atoms with Crippen molar-refractivity contribution in [3.05, 3.63) is 0 Å². The van der Waals surface area contributed by atoms with E-state index in [-0.39, 0.29) is 38.7 Å². The summed E-state index contributed by atoms with van der Waals surface area (Å²) in [5, 5.41) is 0.